The maximum atomic E-state index is 11.4. The molecule has 1 aliphatic carbocycles. The first kappa shape index (κ1) is 23.4. The first-order valence-corrected chi connectivity index (χ1v) is 11.1. The van der Waals surface area contributed by atoms with Crippen LogP contribution in [0.25, 0.3) is 0 Å². The second-order valence-corrected chi connectivity index (χ2v) is 7.97. The SMILES string of the molecule is CCNC(=O)CCC/C=C\C[C@H]1[C@H](/C=C/CCCc2ccccc2)[C@@H](O)C[C@H]1O. The second kappa shape index (κ2) is 13.3. The molecule has 0 heterocycles. The highest BCUT2D eigenvalue weighted by molar-refractivity contribution is 5.75. The summed E-state index contributed by atoms with van der Waals surface area (Å²) in [6.07, 6.45) is 14.1. The number of hydrogen-bond donors (Lipinski definition) is 3. The van der Waals surface area contributed by atoms with Gasteiger partial charge in [0, 0.05) is 25.3 Å². The van der Waals surface area contributed by atoms with E-state index in [1.165, 1.54) is 5.56 Å². The van der Waals surface area contributed by atoms with Crippen LogP contribution >= 0.6 is 0 Å². The summed E-state index contributed by atoms with van der Waals surface area (Å²) in [4.78, 5) is 11.4. The minimum atomic E-state index is -0.466. The smallest absolute Gasteiger partial charge is 0.219 e. The van der Waals surface area contributed by atoms with Crippen LogP contribution in [0.2, 0.25) is 0 Å². The van der Waals surface area contributed by atoms with Crippen LogP contribution in [-0.2, 0) is 11.2 Å². The molecule has 1 aromatic carbocycles. The van der Waals surface area contributed by atoms with E-state index in [0.29, 0.717) is 19.4 Å². The molecule has 0 spiro atoms. The van der Waals surface area contributed by atoms with E-state index in [-0.39, 0.29) is 17.7 Å². The van der Waals surface area contributed by atoms with Crippen molar-refractivity contribution >= 4 is 5.91 Å². The van der Waals surface area contributed by atoms with E-state index in [0.717, 1.165) is 38.5 Å². The number of aryl methyl sites for hydroxylation is 1. The Kier molecular flexibility index (Phi) is 10.7. The van der Waals surface area contributed by atoms with Gasteiger partial charge in [-0.2, -0.15) is 0 Å². The molecule has 160 valence electrons. The van der Waals surface area contributed by atoms with Crippen molar-refractivity contribution in [1.29, 1.82) is 0 Å². The molecule has 29 heavy (non-hydrogen) atoms. The van der Waals surface area contributed by atoms with Crippen LogP contribution < -0.4 is 5.32 Å². The Morgan fingerprint density at radius 1 is 1.07 bits per heavy atom. The molecule has 4 atom stereocenters. The highest BCUT2D eigenvalue weighted by Crippen LogP contribution is 2.36. The van der Waals surface area contributed by atoms with Gasteiger partial charge in [-0.15, -0.1) is 0 Å². The van der Waals surface area contributed by atoms with Crippen LogP contribution in [0.4, 0.5) is 0 Å². The third kappa shape index (κ3) is 8.55. The van der Waals surface area contributed by atoms with E-state index in [4.69, 9.17) is 0 Å². The lowest BCUT2D eigenvalue weighted by atomic mass is 9.89. The minimum Gasteiger partial charge on any atom is -0.393 e. The van der Waals surface area contributed by atoms with Crippen molar-refractivity contribution in [1.82, 2.24) is 5.32 Å². The van der Waals surface area contributed by atoms with Crippen LogP contribution in [0.3, 0.4) is 0 Å². The van der Waals surface area contributed by atoms with E-state index in [9.17, 15) is 15.0 Å². The van der Waals surface area contributed by atoms with Crippen LogP contribution in [0, 0.1) is 11.8 Å². The summed E-state index contributed by atoms with van der Waals surface area (Å²) in [7, 11) is 0. The molecule has 0 radical (unpaired) electrons. The normalized spacial score (nSPS) is 24.5. The molecule has 3 N–H and O–H groups in total. The molecule has 0 saturated heterocycles. The zero-order valence-electron chi connectivity index (χ0n) is 17.7. The number of amides is 1. The minimum absolute atomic E-state index is 0.0155. The number of unbranched alkanes of at least 4 members (excludes halogenated alkanes) is 2. The molecule has 0 unspecified atom stereocenters. The summed E-state index contributed by atoms with van der Waals surface area (Å²) in [5.41, 5.74) is 1.35. The summed E-state index contributed by atoms with van der Waals surface area (Å²) < 4.78 is 0. The third-order valence-corrected chi connectivity index (χ3v) is 5.68. The number of aliphatic hydroxyl groups is 2. The highest BCUT2D eigenvalue weighted by atomic mass is 16.3. The molecule has 0 aromatic heterocycles. The Labute approximate surface area is 175 Å². The van der Waals surface area contributed by atoms with Crippen LogP contribution in [0.5, 0.6) is 0 Å². The van der Waals surface area contributed by atoms with E-state index in [2.05, 4.69) is 53.9 Å². The van der Waals surface area contributed by atoms with Gasteiger partial charge in [0.1, 0.15) is 0 Å². The van der Waals surface area contributed by atoms with Gasteiger partial charge < -0.3 is 15.5 Å². The second-order valence-electron chi connectivity index (χ2n) is 7.97. The fourth-order valence-corrected chi connectivity index (χ4v) is 4.07. The largest absolute Gasteiger partial charge is 0.393 e. The summed E-state index contributed by atoms with van der Waals surface area (Å²) in [5, 5.41) is 23.5. The van der Waals surface area contributed by atoms with E-state index in [1.807, 2.05) is 13.0 Å². The van der Waals surface area contributed by atoms with Gasteiger partial charge in [-0.25, -0.2) is 0 Å². The number of rotatable bonds is 12. The Bertz CT molecular complexity index is 641. The lowest BCUT2D eigenvalue weighted by Gasteiger charge is -2.19. The number of carbonyl (C=O) groups excluding carboxylic acids is 1. The first-order chi connectivity index (χ1) is 14.1. The Balaban J connectivity index is 1.71. The van der Waals surface area contributed by atoms with Crippen molar-refractivity contribution in [3.05, 3.63) is 60.2 Å². The number of aliphatic hydroxyl groups excluding tert-OH is 2. The molecular formula is C25H37NO3. The fraction of sp³-hybridized carbons (Fsp3) is 0.560. The molecule has 1 saturated carbocycles. The molecule has 0 bridgehead atoms. The topological polar surface area (TPSA) is 69.6 Å². The van der Waals surface area contributed by atoms with Gasteiger partial charge in [0.15, 0.2) is 0 Å². The van der Waals surface area contributed by atoms with Crippen molar-refractivity contribution in [2.24, 2.45) is 11.8 Å². The predicted molar refractivity (Wildman–Crippen MR) is 118 cm³/mol. The average molecular weight is 400 g/mol. The number of carbonyl (C=O) groups is 1. The number of hydrogen-bond acceptors (Lipinski definition) is 3. The molecule has 1 aromatic rings. The van der Waals surface area contributed by atoms with Crippen molar-refractivity contribution in [3.63, 3.8) is 0 Å². The van der Waals surface area contributed by atoms with Crippen molar-refractivity contribution < 1.29 is 15.0 Å². The Morgan fingerprint density at radius 3 is 2.59 bits per heavy atom. The average Bonchev–Trinajstić information content (AvgIpc) is 2.98. The summed E-state index contributed by atoms with van der Waals surface area (Å²) in [6, 6.07) is 10.5. The van der Waals surface area contributed by atoms with E-state index >= 15 is 0 Å². The summed E-state index contributed by atoms with van der Waals surface area (Å²) >= 11 is 0. The Morgan fingerprint density at radius 2 is 1.83 bits per heavy atom. The molecule has 1 aliphatic rings. The lowest BCUT2D eigenvalue weighted by molar-refractivity contribution is -0.121. The van der Waals surface area contributed by atoms with Crippen LogP contribution in [-0.4, -0.2) is 34.9 Å². The molecule has 0 aliphatic heterocycles. The lowest BCUT2D eigenvalue weighted by Crippen LogP contribution is -2.21. The van der Waals surface area contributed by atoms with Gasteiger partial charge >= 0.3 is 0 Å². The van der Waals surface area contributed by atoms with Gasteiger partial charge in [-0.3, -0.25) is 4.79 Å². The van der Waals surface area contributed by atoms with Gasteiger partial charge in [-0.05, 0) is 56.9 Å². The quantitative estimate of drug-likeness (QED) is 0.365. The predicted octanol–water partition coefficient (Wildman–Crippen LogP) is 4.18. The molecule has 1 fully saturated rings. The van der Waals surface area contributed by atoms with Gasteiger partial charge in [-0.1, -0.05) is 54.6 Å². The van der Waals surface area contributed by atoms with E-state index in [1.54, 1.807) is 0 Å². The standard InChI is InChI=1S/C25H37NO3/c1-2-26-25(29)18-12-4-3-10-16-21-22(24(28)19-23(21)27)17-11-6-9-15-20-13-7-5-8-14-20/h3,5,7-8,10-11,13-14,17,21-24,27-28H,2,4,6,9,12,15-16,18-19H2,1H3,(H,26,29)/b10-3-,17-11+/t21-,22-,23+,24-/m0/s1. The molecule has 1 amide bonds. The zero-order valence-corrected chi connectivity index (χ0v) is 17.7. The highest BCUT2D eigenvalue weighted by Gasteiger charge is 2.39. The van der Waals surface area contributed by atoms with Crippen molar-refractivity contribution in [3.8, 4) is 0 Å². The fourth-order valence-electron chi connectivity index (χ4n) is 4.07. The van der Waals surface area contributed by atoms with Crippen LogP contribution in [0.1, 0.15) is 57.4 Å². The molecule has 4 nitrogen and oxygen atoms in total. The monoisotopic (exact) mass is 399 g/mol. The Hall–Kier alpha value is -1.91. The number of nitrogens with one attached hydrogen (secondary N) is 1. The van der Waals surface area contributed by atoms with E-state index < -0.39 is 12.2 Å². The number of benzene rings is 1. The summed E-state index contributed by atoms with van der Waals surface area (Å²) in [6.45, 7) is 2.60. The molecule has 4 heteroatoms. The van der Waals surface area contributed by atoms with Gasteiger partial charge in [0.25, 0.3) is 0 Å². The van der Waals surface area contributed by atoms with Crippen molar-refractivity contribution in [2.45, 2.75) is 70.5 Å². The molecule has 2 rings (SSSR count). The summed E-state index contributed by atoms with van der Waals surface area (Å²) in [5.74, 6) is 0.185. The molecular weight excluding hydrogens is 362 g/mol. The first-order valence-electron chi connectivity index (χ1n) is 11.1. The van der Waals surface area contributed by atoms with Crippen LogP contribution in [0.15, 0.2) is 54.6 Å². The van der Waals surface area contributed by atoms with Crippen molar-refractivity contribution in [2.75, 3.05) is 6.54 Å². The number of allylic oxidation sites excluding steroid dienone is 3. The third-order valence-electron chi connectivity index (χ3n) is 5.68. The van der Waals surface area contributed by atoms with Gasteiger partial charge in [0.2, 0.25) is 5.91 Å². The zero-order chi connectivity index (χ0) is 20.9. The maximum absolute atomic E-state index is 11.4. The maximum Gasteiger partial charge on any atom is 0.219 e. The van der Waals surface area contributed by atoms with Gasteiger partial charge in [0.05, 0.1) is 12.2 Å².